The van der Waals surface area contributed by atoms with Crippen LogP contribution in [-0.2, 0) is 6.61 Å². The van der Waals surface area contributed by atoms with Gasteiger partial charge in [-0.15, -0.1) is 0 Å². The average Bonchev–Trinajstić information content (AvgIpc) is 2.32. The van der Waals surface area contributed by atoms with Crippen LogP contribution in [0.15, 0.2) is 46.9 Å². The summed E-state index contributed by atoms with van der Waals surface area (Å²) in [7, 11) is 0. The lowest BCUT2D eigenvalue weighted by atomic mass is 10.2. The minimum atomic E-state index is 0.605. The summed E-state index contributed by atoms with van der Waals surface area (Å²) in [6.07, 6.45) is 0. The van der Waals surface area contributed by atoms with E-state index in [0.29, 0.717) is 6.61 Å². The van der Waals surface area contributed by atoms with Gasteiger partial charge in [-0.1, -0.05) is 34.1 Å². The van der Waals surface area contributed by atoms with Gasteiger partial charge in [0.05, 0.1) is 0 Å². The van der Waals surface area contributed by atoms with E-state index in [1.807, 2.05) is 18.2 Å². The first kappa shape index (κ1) is 12.9. The van der Waals surface area contributed by atoms with Crippen LogP contribution in [0.3, 0.4) is 0 Å². The van der Waals surface area contributed by atoms with Gasteiger partial charge in [-0.3, -0.25) is 0 Å². The molecule has 2 aromatic rings. The van der Waals surface area contributed by atoms with Crippen molar-refractivity contribution < 1.29 is 4.74 Å². The van der Waals surface area contributed by atoms with Crippen LogP contribution >= 0.6 is 38.5 Å². The van der Waals surface area contributed by atoms with Gasteiger partial charge in [0, 0.05) is 8.04 Å². The van der Waals surface area contributed by atoms with E-state index in [9.17, 15) is 0 Å². The summed E-state index contributed by atoms with van der Waals surface area (Å²) < 4.78 is 8.09. The fourth-order valence-corrected chi connectivity index (χ4v) is 2.17. The lowest BCUT2D eigenvalue weighted by molar-refractivity contribution is 0.304. The molecule has 0 saturated heterocycles. The van der Waals surface area contributed by atoms with Crippen LogP contribution in [0.1, 0.15) is 11.1 Å². The molecule has 2 rings (SSSR count). The summed E-state index contributed by atoms with van der Waals surface area (Å²) in [6.45, 7) is 2.66. The zero-order valence-electron chi connectivity index (χ0n) is 9.41. The Balaban J connectivity index is 2.07. The summed E-state index contributed by atoms with van der Waals surface area (Å²) >= 11 is 5.75. The van der Waals surface area contributed by atoms with Gasteiger partial charge in [0.15, 0.2) is 0 Å². The molecule has 1 nitrogen and oxygen atoms in total. The molecule has 0 radical (unpaired) electrons. The Morgan fingerprint density at radius 2 is 1.82 bits per heavy atom. The molecule has 0 aromatic heterocycles. The molecular weight excluding hydrogens is 391 g/mol. The number of hydrogen-bond acceptors (Lipinski definition) is 1. The summed E-state index contributed by atoms with van der Waals surface area (Å²) in [4.78, 5) is 0. The van der Waals surface area contributed by atoms with Crippen molar-refractivity contribution in [1.29, 1.82) is 0 Å². The molecule has 0 heterocycles. The molecule has 88 valence electrons. The maximum Gasteiger partial charge on any atom is 0.123 e. The Kier molecular flexibility index (Phi) is 4.45. The van der Waals surface area contributed by atoms with Crippen molar-refractivity contribution in [3.05, 3.63) is 61.6 Å². The molecule has 0 N–H and O–H groups in total. The van der Waals surface area contributed by atoms with Crippen LogP contribution in [0.2, 0.25) is 0 Å². The zero-order chi connectivity index (χ0) is 12.3. The molecule has 0 atom stereocenters. The predicted molar refractivity (Wildman–Crippen MR) is 82.4 cm³/mol. The van der Waals surface area contributed by atoms with Gasteiger partial charge in [-0.25, -0.2) is 0 Å². The van der Waals surface area contributed by atoms with Crippen LogP contribution in [0.5, 0.6) is 5.75 Å². The van der Waals surface area contributed by atoms with E-state index in [4.69, 9.17) is 4.74 Å². The Morgan fingerprint density at radius 3 is 2.53 bits per heavy atom. The molecule has 0 fully saturated rings. The predicted octanol–water partition coefficient (Wildman–Crippen LogP) is 4.94. The topological polar surface area (TPSA) is 9.23 Å². The first-order valence-corrected chi connectivity index (χ1v) is 7.16. The van der Waals surface area contributed by atoms with E-state index in [2.05, 4.69) is 69.7 Å². The van der Waals surface area contributed by atoms with E-state index < -0.39 is 0 Å². The standard InChI is InChI=1S/C14H12BrIO/c1-10-2-5-12(15)8-14(10)17-9-11-3-6-13(16)7-4-11/h2-8H,9H2,1H3. The molecule has 0 amide bonds. The van der Waals surface area contributed by atoms with E-state index in [1.165, 1.54) is 9.13 Å². The number of rotatable bonds is 3. The number of halogens is 2. The average molecular weight is 403 g/mol. The smallest absolute Gasteiger partial charge is 0.123 e. The van der Waals surface area contributed by atoms with Crippen LogP contribution in [-0.4, -0.2) is 0 Å². The molecule has 0 aliphatic rings. The SMILES string of the molecule is Cc1ccc(Br)cc1OCc1ccc(I)cc1. The van der Waals surface area contributed by atoms with E-state index in [1.54, 1.807) is 0 Å². The number of benzene rings is 2. The Labute approximate surface area is 123 Å². The van der Waals surface area contributed by atoms with Crippen molar-refractivity contribution in [1.82, 2.24) is 0 Å². The molecular formula is C14H12BrIO. The molecule has 17 heavy (non-hydrogen) atoms. The third-order valence-corrected chi connectivity index (χ3v) is 3.67. The van der Waals surface area contributed by atoms with Crippen LogP contribution in [0.4, 0.5) is 0 Å². The highest BCUT2D eigenvalue weighted by atomic mass is 127. The minimum absolute atomic E-state index is 0.605. The van der Waals surface area contributed by atoms with Gasteiger partial charge in [0.2, 0.25) is 0 Å². The monoisotopic (exact) mass is 402 g/mol. The quantitative estimate of drug-likeness (QED) is 0.660. The van der Waals surface area contributed by atoms with Crippen LogP contribution < -0.4 is 4.74 Å². The Hall–Kier alpha value is -0.550. The maximum atomic E-state index is 5.81. The normalized spacial score (nSPS) is 10.3. The van der Waals surface area contributed by atoms with Gasteiger partial charge in [0.25, 0.3) is 0 Å². The zero-order valence-corrected chi connectivity index (χ0v) is 13.2. The molecule has 3 heteroatoms. The Morgan fingerprint density at radius 1 is 1.12 bits per heavy atom. The van der Waals surface area contributed by atoms with E-state index in [-0.39, 0.29) is 0 Å². The molecule has 0 aliphatic heterocycles. The third-order valence-electron chi connectivity index (χ3n) is 2.46. The fraction of sp³-hybridized carbons (Fsp3) is 0.143. The van der Waals surface area contributed by atoms with Gasteiger partial charge < -0.3 is 4.74 Å². The van der Waals surface area contributed by atoms with Crippen LogP contribution in [0.25, 0.3) is 0 Å². The molecule has 0 saturated carbocycles. The highest BCUT2D eigenvalue weighted by molar-refractivity contribution is 14.1. The van der Waals surface area contributed by atoms with Gasteiger partial charge in [-0.2, -0.15) is 0 Å². The van der Waals surface area contributed by atoms with E-state index in [0.717, 1.165) is 15.8 Å². The van der Waals surface area contributed by atoms with Crippen molar-refractivity contribution in [3.63, 3.8) is 0 Å². The van der Waals surface area contributed by atoms with Gasteiger partial charge in [-0.05, 0) is 64.9 Å². The van der Waals surface area contributed by atoms with Crippen LogP contribution in [0, 0.1) is 10.5 Å². The van der Waals surface area contributed by atoms with Crippen molar-refractivity contribution in [2.75, 3.05) is 0 Å². The first-order valence-electron chi connectivity index (χ1n) is 5.28. The molecule has 0 aliphatic carbocycles. The number of hydrogen-bond donors (Lipinski definition) is 0. The van der Waals surface area contributed by atoms with Crippen molar-refractivity contribution in [2.45, 2.75) is 13.5 Å². The highest BCUT2D eigenvalue weighted by Gasteiger charge is 2.01. The molecule has 0 spiro atoms. The van der Waals surface area contributed by atoms with E-state index >= 15 is 0 Å². The second kappa shape index (κ2) is 5.87. The van der Waals surface area contributed by atoms with Crippen molar-refractivity contribution in [3.8, 4) is 5.75 Å². The molecule has 0 unspecified atom stereocenters. The first-order chi connectivity index (χ1) is 8.15. The van der Waals surface area contributed by atoms with Crippen molar-refractivity contribution >= 4 is 38.5 Å². The maximum absolute atomic E-state index is 5.81. The summed E-state index contributed by atoms with van der Waals surface area (Å²) in [5.74, 6) is 0.929. The van der Waals surface area contributed by atoms with Gasteiger partial charge in [0.1, 0.15) is 12.4 Å². The lowest BCUT2D eigenvalue weighted by Crippen LogP contribution is -1.96. The second-order valence-electron chi connectivity index (χ2n) is 3.82. The Bertz CT molecular complexity index is 508. The molecule has 2 aromatic carbocycles. The number of ether oxygens (including phenoxy) is 1. The third kappa shape index (κ3) is 3.71. The summed E-state index contributed by atoms with van der Waals surface area (Å²) in [5, 5.41) is 0. The van der Waals surface area contributed by atoms with Crippen molar-refractivity contribution in [2.24, 2.45) is 0 Å². The van der Waals surface area contributed by atoms with Gasteiger partial charge >= 0.3 is 0 Å². The number of aryl methyl sites for hydroxylation is 1. The highest BCUT2D eigenvalue weighted by Crippen LogP contribution is 2.23. The largest absolute Gasteiger partial charge is 0.489 e. The summed E-state index contributed by atoms with van der Waals surface area (Å²) in [5.41, 5.74) is 2.34. The summed E-state index contributed by atoms with van der Waals surface area (Å²) in [6, 6.07) is 14.4. The second-order valence-corrected chi connectivity index (χ2v) is 5.99. The minimum Gasteiger partial charge on any atom is -0.489 e. The fourth-order valence-electron chi connectivity index (χ4n) is 1.47. The lowest BCUT2D eigenvalue weighted by Gasteiger charge is -2.09. The molecule has 0 bridgehead atoms.